The van der Waals surface area contributed by atoms with Gasteiger partial charge in [0, 0.05) is 27.2 Å². The topological polar surface area (TPSA) is 63.8 Å². The molecule has 0 atom stereocenters. The average molecular weight is 327 g/mol. The average Bonchev–Trinajstić information content (AvgIpc) is 2.72. The van der Waals surface area contributed by atoms with Crippen molar-refractivity contribution in [2.45, 2.75) is 26.3 Å². The van der Waals surface area contributed by atoms with E-state index in [1.165, 1.54) is 4.88 Å². The van der Waals surface area contributed by atoms with Gasteiger partial charge >= 0.3 is 0 Å². The highest BCUT2D eigenvalue weighted by Crippen LogP contribution is 2.20. The highest BCUT2D eigenvalue weighted by Gasteiger charge is 2.03. The lowest BCUT2D eigenvalue weighted by molar-refractivity contribution is 0.837. The van der Waals surface area contributed by atoms with E-state index in [1.807, 2.05) is 0 Å². The molecule has 2 aromatic heterocycles. The second-order valence-corrected chi connectivity index (χ2v) is 5.84. The van der Waals surface area contributed by atoms with Crippen molar-refractivity contribution >= 4 is 38.9 Å². The van der Waals surface area contributed by atoms with E-state index in [0.717, 1.165) is 35.5 Å². The van der Waals surface area contributed by atoms with Gasteiger partial charge in [0.25, 0.3) is 0 Å². The lowest BCUT2D eigenvalue weighted by Gasteiger charge is -2.07. The molecule has 0 saturated heterocycles. The number of nitrogens with one attached hydrogen (secondary N) is 1. The Morgan fingerprint density at radius 3 is 2.89 bits per heavy atom. The van der Waals surface area contributed by atoms with Gasteiger partial charge in [-0.25, -0.2) is 9.97 Å². The standard InChI is InChI=1S/C12H15BrN4S/c1-2-3-11-16-10(14)5-12(17-11)15-6-9-4-8(13)7-18-9/h4-5,7H,2-3,6H2,1H3,(H3,14,15,16,17). The molecule has 0 bridgehead atoms. The smallest absolute Gasteiger partial charge is 0.133 e. The highest BCUT2D eigenvalue weighted by molar-refractivity contribution is 9.10. The molecular weight excluding hydrogens is 312 g/mol. The van der Waals surface area contributed by atoms with Crippen LogP contribution in [0.2, 0.25) is 0 Å². The molecule has 0 fully saturated rings. The lowest BCUT2D eigenvalue weighted by atomic mass is 10.3. The molecule has 4 nitrogen and oxygen atoms in total. The molecular formula is C12H15BrN4S. The summed E-state index contributed by atoms with van der Waals surface area (Å²) in [6.07, 6.45) is 1.87. The van der Waals surface area contributed by atoms with Crippen LogP contribution < -0.4 is 11.1 Å². The molecule has 0 amide bonds. The minimum atomic E-state index is 0.517. The number of anilines is 2. The van der Waals surface area contributed by atoms with E-state index < -0.39 is 0 Å². The van der Waals surface area contributed by atoms with Crippen LogP contribution in [0, 0.1) is 0 Å². The lowest BCUT2D eigenvalue weighted by Crippen LogP contribution is -2.05. The quantitative estimate of drug-likeness (QED) is 0.883. The fourth-order valence-corrected chi connectivity index (χ4v) is 2.96. The van der Waals surface area contributed by atoms with Crippen molar-refractivity contribution < 1.29 is 0 Å². The molecule has 3 N–H and O–H groups in total. The number of nitrogens with zero attached hydrogens (tertiary/aromatic N) is 2. The third-order valence-electron chi connectivity index (χ3n) is 2.33. The van der Waals surface area contributed by atoms with Crippen molar-refractivity contribution in [2.75, 3.05) is 11.1 Å². The number of hydrogen-bond donors (Lipinski definition) is 2. The minimum absolute atomic E-state index is 0.517. The summed E-state index contributed by atoms with van der Waals surface area (Å²) in [5.74, 6) is 2.10. The predicted octanol–water partition coefficient (Wildman–Crippen LogP) is 3.45. The Morgan fingerprint density at radius 2 is 2.22 bits per heavy atom. The van der Waals surface area contributed by atoms with Crippen molar-refractivity contribution in [1.82, 2.24) is 9.97 Å². The molecule has 2 aromatic rings. The fourth-order valence-electron chi connectivity index (χ4n) is 1.57. The number of rotatable bonds is 5. The molecule has 0 unspecified atom stereocenters. The Morgan fingerprint density at radius 1 is 1.39 bits per heavy atom. The highest BCUT2D eigenvalue weighted by atomic mass is 79.9. The van der Waals surface area contributed by atoms with Crippen LogP contribution in [0.5, 0.6) is 0 Å². The first-order valence-corrected chi connectivity index (χ1v) is 7.45. The number of hydrogen-bond acceptors (Lipinski definition) is 5. The van der Waals surface area contributed by atoms with Crippen molar-refractivity contribution in [3.63, 3.8) is 0 Å². The van der Waals surface area contributed by atoms with E-state index in [2.05, 4.69) is 49.6 Å². The zero-order valence-electron chi connectivity index (χ0n) is 10.1. The predicted molar refractivity (Wildman–Crippen MR) is 79.8 cm³/mol. The summed E-state index contributed by atoms with van der Waals surface area (Å²) in [5, 5.41) is 5.34. The van der Waals surface area contributed by atoms with Gasteiger partial charge in [-0.2, -0.15) is 0 Å². The van der Waals surface area contributed by atoms with Gasteiger partial charge in [0.2, 0.25) is 0 Å². The normalized spacial score (nSPS) is 10.6. The molecule has 0 aliphatic carbocycles. The van der Waals surface area contributed by atoms with Gasteiger partial charge in [-0.15, -0.1) is 11.3 Å². The van der Waals surface area contributed by atoms with Gasteiger partial charge in [-0.3, -0.25) is 0 Å². The van der Waals surface area contributed by atoms with Gasteiger partial charge in [-0.1, -0.05) is 6.92 Å². The third-order valence-corrected chi connectivity index (χ3v) is 4.03. The summed E-state index contributed by atoms with van der Waals surface area (Å²) in [5.41, 5.74) is 5.77. The molecule has 6 heteroatoms. The van der Waals surface area contributed by atoms with Crippen LogP contribution in [0.4, 0.5) is 11.6 Å². The molecule has 18 heavy (non-hydrogen) atoms. The van der Waals surface area contributed by atoms with Crippen molar-refractivity contribution in [3.8, 4) is 0 Å². The van der Waals surface area contributed by atoms with Crippen LogP contribution >= 0.6 is 27.3 Å². The number of aryl methyl sites for hydroxylation is 1. The zero-order chi connectivity index (χ0) is 13.0. The van der Waals surface area contributed by atoms with Crippen LogP contribution in [0.15, 0.2) is 22.0 Å². The summed E-state index contributed by atoms with van der Waals surface area (Å²) in [6, 6.07) is 3.86. The Hall–Kier alpha value is -1.14. The van der Waals surface area contributed by atoms with Crippen molar-refractivity contribution in [1.29, 1.82) is 0 Å². The Kier molecular flexibility index (Phi) is 4.54. The first-order chi connectivity index (χ1) is 8.67. The maximum Gasteiger partial charge on any atom is 0.133 e. The van der Waals surface area contributed by atoms with E-state index >= 15 is 0 Å². The first-order valence-electron chi connectivity index (χ1n) is 5.77. The third kappa shape index (κ3) is 3.68. The largest absolute Gasteiger partial charge is 0.384 e. The number of aromatic nitrogens is 2. The fraction of sp³-hybridized carbons (Fsp3) is 0.333. The number of nitrogens with two attached hydrogens (primary N) is 1. The summed E-state index contributed by atoms with van der Waals surface area (Å²) >= 11 is 5.14. The number of nitrogen functional groups attached to an aromatic ring is 1. The van der Waals surface area contributed by atoms with E-state index in [1.54, 1.807) is 17.4 Å². The molecule has 0 spiro atoms. The molecule has 96 valence electrons. The van der Waals surface area contributed by atoms with Gasteiger partial charge in [-0.05, 0) is 28.4 Å². The maximum atomic E-state index is 5.77. The van der Waals surface area contributed by atoms with Crippen LogP contribution in [-0.4, -0.2) is 9.97 Å². The van der Waals surface area contributed by atoms with E-state index in [-0.39, 0.29) is 0 Å². The van der Waals surface area contributed by atoms with Gasteiger partial charge < -0.3 is 11.1 Å². The monoisotopic (exact) mass is 326 g/mol. The first kappa shape index (κ1) is 13.3. The summed E-state index contributed by atoms with van der Waals surface area (Å²) in [4.78, 5) is 9.89. The molecule has 0 aliphatic rings. The second-order valence-electron chi connectivity index (χ2n) is 3.93. The van der Waals surface area contributed by atoms with E-state index in [0.29, 0.717) is 5.82 Å². The summed E-state index contributed by atoms with van der Waals surface area (Å²) in [7, 11) is 0. The minimum Gasteiger partial charge on any atom is -0.384 e. The van der Waals surface area contributed by atoms with E-state index in [4.69, 9.17) is 5.73 Å². The molecule has 0 aromatic carbocycles. The second kappa shape index (κ2) is 6.15. The molecule has 2 rings (SSSR count). The SMILES string of the molecule is CCCc1nc(N)cc(NCc2cc(Br)cs2)n1. The van der Waals surface area contributed by atoms with Gasteiger partial charge in [0.1, 0.15) is 17.5 Å². The number of halogens is 1. The summed E-state index contributed by atoms with van der Waals surface area (Å²) < 4.78 is 1.11. The number of thiophene rings is 1. The Balaban J connectivity index is 2.04. The van der Waals surface area contributed by atoms with Crippen molar-refractivity contribution in [2.24, 2.45) is 0 Å². The Labute approximate surface area is 119 Å². The molecule has 0 saturated carbocycles. The zero-order valence-corrected chi connectivity index (χ0v) is 12.5. The maximum absolute atomic E-state index is 5.77. The van der Waals surface area contributed by atoms with Gasteiger partial charge in [0.15, 0.2) is 0 Å². The molecule has 0 aliphatic heterocycles. The molecule has 0 radical (unpaired) electrons. The Bertz CT molecular complexity index is 527. The van der Waals surface area contributed by atoms with Gasteiger partial charge in [0.05, 0.1) is 6.54 Å². The van der Waals surface area contributed by atoms with Crippen LogP contribution in [0.1, 0.15) is 24.0 Å². The molecule has 2 heterocycles. The van der Waals surface area contributed by atoms with Crippen LogP contribution in [0.3, 0.4) is 0 Å². The van der Waals surface area contributed by atoms with Crippen LogP contribution in [0.25, 0.3) is 0 Å². The van der Waals surface area contributed by atoms with Crippen molar-refractivity contribution in [3.05, 3.63) is 32.7 Å². The van der Waals surface area contributed by atoms with E-state index in [9.17, 15) is 0 Å². The van der Waals surface area contributed by atoms with Crippen LogP contribution in [-0.2, 0) is 13.0 Å². The summed E-state index contributed by atoms with van der Waals surface area (Å²) in [6.45, 7) is 2.85.